The van der Waals surface area contributed by atoms with Crippen LogP contribution in [0, 0.1) is 16.7 Å². The maximum atomic E-state index is 5.73. The lowest BCUT2D eigenvalue weighted by Crippen LogP contribution is -2.24. The van der Waals surface area contributed by atoms with Crippen molar-refractivity contribution in [2.75, 3.05) is 6.54 Å². The number of rotatable bonds is 6. The Kier molecular flexibility index (Phi) is 4.24. The highest BCUT2D eigenvalue weighted by molar-refractivity contribution is 5.14. The molecule has 1 saturated carbocycles. The molecule has 0 aromatic carbocycles. The molecule has 1 aliphatic rings. The Bertz CT molecular complexity index is 445. The van der Waals surface area contributed by atoms with Crippen molar-refractivity contribution in [1.29, 1.82) is 0 Å². The molecule has 0 radical (unpaired) electrons. The van der Waals surface area contributed by atoms with Crippen LogP contribution in [0.25, 0.3) is 0 Å². The summed E-state index contributed by atoms with van der Waals surface area (Å²) in [6.07, 6.45) is 4.16. The van der Waals surface area contributed by atoms with Crippen molar-refractivity contribution < 1.29 is 4.52 Å². The Balaban J connectivity index is 1.90. The summed E-state index contributed by atoms with van der Waals surface area (Å²) >= 11 is 0. The summed E-state index contributed by atoms with van der Waals surface area (Å²) < 4.78 is 5.41. The molecule has 1 aromatic rings. The van der Waals surface area contributed by atoms with Crippen molar-refractivity contribution in [3.05, 3.63) is 11.7 Å². The highest BCUT2D eigenvalue weighted by Gasteiger charge is 2.49. The van der Waals surface area contributed by atoms with E-state index >= 15 is 0 Å². The predicted molar refractivity (Wildman–Crippen MR) is 80.4 cm³/mol. The average Bonchev–Trinajstić information content (AvgIpc) is 2.76. The molecule has 1 fully saturated rings. The second-order valence-electron chi connectivity index (χ2n) is 7.97. The Morgan fingerprint density at radius 1 is 1.35 bits per heavy atom. The number of nitrogens with two attached hydrogens (primary N) is 1. The molecule has 2 atom stereocenters. The molecule has 0 spiro atoms. The van der Waals surface area contributed by atoms with Gasteiger partial charge in [-0.05, 0) is 42.6 Å². The molecule has 1 heterocycles. The van der Waals surface area contributed by atoms with E-state index in [4.69, 9.17) is 10.3 Å². The standard InChI is InChI=1S/C16H29N3O/c1-15(2,3)11(8-9-17)6-7-13-18-14(19-20-13)12-10-16(12,4)5/h11-12H,6-10,17H2,1-5H3. The summed E-state index contributed by atoms with van der Waals surface area (Å²) in [4.78, 5) is 4.57. The van der Waals surface area contributed by atoms with Gasteiger partial charge in [-0.2, -0.15) is 4.98 Å². The molecular weight excluding hydrogens is 250 g/mol. The lowest BCUT2D eigenvalue weighted by molar-refractivity contribution is 0.208. The van der Waals surface area contributed by atoms with Gasteiger partial charge < -0.3 is 10.3 Å². The summed E-state index contributed by atoms with van der Waals surface area (Å²) in [6.45, 7) is 12.1. The predicted octanol–water partition coefficient (Wildman–Crippen LogP) is 3.53. The van der Waals surface area contributed by atoms with E-state index in [-0.39, 0.29) is 5.41 Å². The van der Waals surface area contributed by atoms with Gasteiger partial charge in [-0.3, -0.25) is 0 Å². The third-order valence-corrected chi connectivity index (χ3v) is 4.76. The van der Waals surface area contributed by atoms with Gasteiger partial charge in [0, 0.05) is 12.3 Å². The zero-order valence-electron chi connectivity index (χ0n) is 13.6. The van der Waals surface area contributed by atoms with E-state index in [0.29, 0.717) is 17.3 Å². The SMILES string of the molecule is CC(C)(C)C(CCN)CCc1nc(C2CC2(C)C)no1. The fourth-order valence-electron chi connectivity index (χ4n) is 2.93. The normalized spacial score (nSPS) is 22.8. The van der Waals surface area contributed by atoms with E-state index in [0.717, 1.165) is 37.5 Å². The zero-order valence-corrected chi connectivity index (χ0v) is 13.6. The van der Waals surface area contributed by atoms with Crippen LogP contribution in [0.4, 0.5) is 0 Å². The number of aryl methyl sites for hydroxylation is 1. The topological polar surface area (TPSA) is 64.9 Å². The van der Waals surface area contributed by atoms with Gasteiger partial charge in [-0.1, -0.05) is 39.8 Å². The smallest absolute Gasteiger partial charge is 0.226 e. The van der Waals surface area contributed by atoms with Gasteiger partial charge in [0.25, 0.3) is 0 Å². The molecule has 0 bridgehead atoms. The van der Waals surface area contributed by atoms with Crippen LogP contribution in [-0.4, -0.2) is 16.7 Å². The molecule has 4 nitrogen and oxygen atoms in total. The van der Waals surface area contributed by atoms with E-state index in [1.807, 2.05) is 0 Å². The molecule has 4 heteroatoms. The zero-order chi connectivity index (χ0) is 15.0. The highest BCUT2D eigenvalue weighted by Crippen LogP contribution is 2.57. The maximum Gasteiger partial charge on any atom is 0.226 e. The van der Waals surface area contributed by atoms with Crippen LogP contribution in [0.15, 0.2) is 4.52 Å². The van der Waals surface area contributed by atoms with E-state index in [1.54, 1.807) is 0 Å². The van der Waals surface area contributed by atoms with Crippen molar-refractivity contribution in [3.63, 3.8) is 0 Å². The van der Waals surface area contributed by atoms with Gasteiger partial charge in [-0.25, -0.2) is 0 Å². The summed E-state index contributed by atoms with van der Waals surface area (Å²) in [7, 11) is 0. The monoisotopic (exact) mass is 279 g/mol. The Labute approximate surface area is 122 Å². The number of hydrogen-bond acceptors (Lipinski definition) is 4. The minimum Gasteiger partial charge on any atom is -0.339 e. The number of aromatic nitrogens is 2. The fraction of sp³-hybridized carbons (Fsp3) is 0.875. The van der Waals surface area contributed by atoms with Crippen LogP contribution in [0.5, 0.6) is 0 Å². The molecule has 114 valence electrons. The van der Waals surface area contributed by atoms with Crippen molar-refractivity contribution >= 4 is 0 Å². The third kappa shape index (κ3) is 3.60. The molecule has 0 saturated heterocycles. The highest BCUT2D eigenvalue weighted by atomic mass is 16.5. The number of nitrogens with zero attached hydrogens (tertiary/aromatic N) is 2. The minimum absolute atomic E-state index is 0.278. The van der Waals surface area contributed by atoms with Crippen molar-refractivity contribution in [2.45, 2.75) is 66.2 Å². The first-order chi connectivity index (χ1) is 9.24. The average molecular weight is 279 g/mol. The molecule has 1 aliphatic carbocycles. The fourth-order valence-corrected chi connectivity index (χ4v) is 2.93. The summed E-state index contributed by atoms with van der Waals surface area (Å²) in [5.74, 6) is 2.77. The van der Waals surface area contributed by atoms with Crippen LogP contribution >= 0.6 is 0 Å². The van der Waals surface area contributed by atoms with Crippen LogP contribution < -0.4 is 5.73 Å². The molecule has 1 aromatic heterocycles. The molecule has 0 aliphatic heterocycles. The van der Waals surface area contributed by atoms with E-state index in [2.05, 4.69) is 44.8 Å². The van der Waals surface area contributed by atoms with E-state index in [9.17, 15) is 0 Å². The minimum atomic E-state index is 0.278. The molecular formula is C16H29N3O. The largest absolute Gasteiger partial charge is 0.339 e. The van der Waals surface area contributed by atoms with Crippen molar-refractivity contribution in [3.8, 4) is 0 Å². The first kappa shape index (κ1) is 15.5. The lowest BCUT2D eigenvalue weighted by atomic mass is 9.76. The van der Waals surface area contributed by atoms with Gasteiger partial charge in [0.05, 0.1) is 0 Å². The molecule has 0 amide bonds. The van der Waals surface area contributed by atoms with Crippen LogP contribution in [0.2, 0.25) is 0 Å². The Morgan fingerprint density at radius 3 is 2.50 bits per heavy atom. The van der Waals surface area contributed by atoms with Crippen LogP contribution in [-0.2, 0) is 6.42 Å². The summed E-state index contributed by atoms with van der Waals surface area (Å²) in [6, 6.07) is 0. The Morgan fingerprint density at radius 2 is 2.00 bits per heavy atom. The molecule has 2 unspecified atom stereocenters. The first-order valence-electron chi connectivity index (χ1n) is 7.76. The van der Waals surface area contributed by atoms with Gasteiger partial charge in [-0.15, -0.1) is 0 Å². The van der Waals surface area contributed by atoms with E-state index < -0.39 is 0 Å². The van der Waals surface area contributed by atoms with Crippen LogP contribution in [0.1, 0.15) is 71.5 Å². The maximum absolute atomic E-state index is 5.73. The van der Waals surface area contributed by atoms with Gasteiger partial charge in [0.2, 0.25) is 5.89 Å². The number of hydrogen-bond donors (Lipinski definition) is 1. The molecule has 2 rings (SSSR count). The van der Waals surface area contributed by atoms with E-state index in [1.165, 1.54) is 6.42 Å². The quantitative estimate of drug-likeness (QED) is 0.865. The lowest BCUT2D eigenvalue weighted by Gasteiger charge is -2.30. The summed E-state index contributed by atoms with van der Waals surface area (Å²) in [5.41, 5.74) is 6.36. The first-order valence-corrected chi connectivity index (χ1v) is 7.76. The Hall–Kier alpha value is -0.900. The second-order valence-corrected chi connectivity index (χ2v) is 7.97. The van der Waals surface area contributed by atoms with Crippen molar-refractivity contribution in [1.82, 2.24) is 10.1 Å². The van der Waals surface area contributed by atoms with Gasteiger partial charge >= 0.3 is 0 Å². The molecule has 2 N–H and O–H groups in total. The van der Waals surface area contributed by atoms with Gasteiger partial charge in [0.1, 0.15) is 0 Å². The van der Waals surface area contributed by atoms with Crippen LogP contribution in [0.3, 0.4) is 0 Å². The van der Waals surface area contributed by atoms with Crippen molar-refractivity contribution in [2.24, 2.45) is 22.5 Å². The molecule has 20 heavy (non-hydrogen) atoms. The summed E-state index contributed by atoms with van der Waals surface area (Å²) in [5, 5.41) is 4.15. The van der Waals surface area contributed by atoms with Gasteiger partial charge in [0.15, 0.2) is 5.82 Å². The third-order valence-electron chi connectivity index (χ3n) is 4.76. The second kappa shape index (κ2) is 5.47.